The van der Waals surface area contributed by atoms with E-state index < -0.39 is 17.0 Å². The van der Waals surface area contributed by atoms with Gasteiger partial charge in [0.2, 0.25) is 0 Å². The Bertz CT molecular complexity index is 894. The molecule has 0 aliphatic carbocycles. The Morgan fingerprint density at radius 2 is 1.80 bits per heavy atom. The van der Waals surface area contributed by atoms with Crippen molar-refractivity contribution < 1.29 is 19.1 Å². The second kappa shape index (κ2) is 7.62. The molecule has 1 fully saturated rings. The number of amides is 2. The number of benzene rings is 2. The minimum Gasteiger partial charge on any atom is -0.506 e. The zero-order chi connectivity index (χ0) is 18.1. The largest absolute Gasteiger partial charge is 0.506 e. The van der Waals surface area contributed by atoms with E-state index >= 15 is 0 Å². The summed E-state index contributed by atoms with van der Waals surface area (Å²) in [5.74, 6) is -0.712. The normalized spacial score (nSPS) is 16.1. The van der Waals surface area contributed by atoms with Gasteiger partial charge in [-0.2, -0.15) is 0 Å². The number of hydrogen-bond donors (Lipinski definition) is 1. The van der Waals surface area contributed by atoms with E-state index in [1.807, 2.05) is 45.2 Å². The van der Waals surface area contributed by atoms with Crippen LogP contribution in [0.2, 0.25) is 0 Å². The van der Waals surface area contributed by atoms with Gasteiger partial charge in [-0.3, -0.25) is 14.5 Å². The molecule has 8 heteroatoms. The van der Waals surface area contributed by atoms with Gasteiger partial charge in [0.25, 0.3) is 11.1 Å². The lowest BCUT2D eigenvalue weighted by atomic mass is 10.2. The summed E-state index contributed by atoms with van der Waals surface area (Å²) in [6, 6.07) is 9.51. The maximum absolute atomic E-state index is 13.8. The van der Waals surface area contributed by atoms with Gasteiger partial charge in [0.15, 0.2) is 0 Å². The van der Waals surface area contributed by atoms with Crippen LogP contribution in [0.25, 0.3) is 6.08 Å². The molecule has 0 saturated carbocycles. The van der Waals surface area contributed by atoms with E-state index in [0.717, 1.165) is 16.7 Å². The Morgan fingerprint density at radius 1 is 1.16 bits per heavy atom. The van der Waals surface area contributed by atoms with Crippen molar-refractivity contribution in [1.29, 1.82) is 0 Å². The third kappa shape index (κ3) is 4.00. The van der Waals surface area contributed by atoms with Crippen LogP contribution in [0.3, 0.4) is 0 Å². The summed E-state index contributed by atoms with van der Waals surface area (Å²) in [6.45, 7) is -0.0979. The number of carbonyl (C=O) groups is 2. The standard InChI is InChI=1S/C17H10FI2NO3S/c18-11-4-2-1-3-10(11)8-21-16(23)14(25-17(21)24)7-9-5-12(19)15(22)13(20)6-9/h1-7,22H,8H2/b14-7-. The van der Waals surface area contributed by atoms with Gasteiger partial charge in [0.05, 0.1) is 18.6 Å². The van der Waals surface area contributed by atoms with E-state index in [-0.39, 0.29) is 17.2 Å². The lowest BCUT2D eigenvalue weighted by Gasteiger charge is -2.12. The third-order valence-electron chi connectivity index (χ3n) is 3.50. The van der Waals surface area contributed by atoms with Gasteiger partial charge in [0, 0.05) is 5.56 Å². The predicted octanol–water partition coefficient (Wildman–Crippen LogP) is 4.98. The van der Waals surface area contributed by atoms with Crippen LogP contribution in [0.4, 0.5) is 9.18 Å². The summed E-state index contributed by atoms with van der Waals surface area (Å²) in [6.07, 6.45) is 1.61. The van der Waals surface area contributed by atoms with Crippen LogP contribution in [0.5, 0.6) is 5.75 Å². The minimum absolute atomic E-state index is 0.0979. The molecule has 0 unspecified atom stereocenters. The summed E-state index contributed by atoms with van der Waals surface area (Å²) in [7, 11) is 0. The van der Waals surface area contributed by atoms with Crippen molar-refractivity contribution in [3.63, 3.8) is 0 Å². The maximum atomic E-state index is 13.8. The van der Waals surface area contributed by atoms with Crippen molar-refractivity contribution in [2.24, 2.45) is 0 Å². The van der Waals surface area contributed by atoms with Gasteiger partial charge >= 0.3 is 0 Å². The molecule has 0 atom stereocenters. The number of rotatable bonds is 3. The zero-order valence-electron chi connectivity index (χ0n) is 12.5. The molecule has 25 heavy (non-hydrogen) atoms. The monoisotopic (exact) mass is 581 g/mol. The van der Waals surface area contributed by atoms with E-state index in [2.05, 4.69) is 0 Å². The SMILES string of the molecule is O=C1S/C(=C\c2cc(I)c(O)c(I)c2)C(=O)N1Cc1ccccc1F. The molecule has 0 bridgehead atoms. The molecule has 3 rings (SSSR count). The van der Waals surface area contributed by atoms with Crippen LogP contribution in [0.15, 0.2) is 41.3 Å². The molecular formula is C17H10FI2NO3S. The first-order valence-electron chi connectivity index (χ1n) is 7.03. The number of hydrogen-bond acceptors (Lipinski definition) is 4. The van der Waals surface area contributed by atoms with E-state index in [1.54, 1.807) is 36.4 Å². The molecule has 0 radical (unpaired) electrons. The Hall–Kier alpha value is -1.14. The Kier molecular flexibility index (Phi) is 5.68. The third-order valence-corrected chi connectivity index (χ3v) is 6.05. The fraction of sp³-hybridized carbons (Fsp3) is 0.0588. The summed E-state index contributed by atoms with van der Waals surface area (Å²) >= 11 is 4.83. The van der Waals surface area contributed by atoms with Crippen molar-refractivity contribution in [3.05, 3.63) is 65.4 Å². The first-order valence-corrected chi connectivity index (χ1v) is 10.0. The molecule has 128 valence electrons. The molecule has 1 heterocycles. The summed E-state index contributed by atoms with van der Waals surface area (Å²) < 4.78 is 15.1. The molecular weight excluding hydrogens is 571 g/mol. The number of carbonyl (C=O) groups excluding carboxylic acids is 2. The van der Waals surface area contributed by atoms with Gasteiger partial charge in [-0.25, -0.2) is 4.39 Å². The first kappa shape index (κ1) is 18.6. The number of halogens is 3. The fourth-order valence-electron chi connectivity index (χ4n) is 2.25. The number of phenols is 1. The van der Waals surface area contributed by atoms with Gasteiger partial charge in [0.1, 0.15) is 11.6 Å². The Morgan fingerprint density at radius 3 is 2.44 bits per heavy atom. The van der Waals surface area contributed by atoms with Gasteiger partial charge in [-0.05, 0) is 86.8 Å². The predicted molar refractivity (Wildman–Crippen MR) is 111 cm³/mol. The Labute approximate surface area is 174 Å². The highest BCUT2D eigenvalue weighted by Crippen LogP contribution is 2.35. The van der Waals surface area contributed by atoms with Crippen molar-refractivity contribution in [2.45, 2.75) is 6.54 Å². The summed E-state index contributed by atoms with van der Waals surface area (Å²) in [5, 5.41) is 9.38. The number of phenolic OH excluding ortho intramolecular Hbond substituents is 1. The van der Waals surface area contributed by atoms with Crippen LogP contribution in [-0.2, 0) is 11.3 Å². The second-order valence-corrected chi connectivity index (χ2v) is 8.51. The fourth-order valence-corrected chi connectivity index (χ4v) is 4.91. The van der Waals surface area contributed by atoms with Gasteiger partial charge in [-0.1, -0.05) is 18.2 Å². The molecule has 1 aliphatic heterocycles. The molecule has 1 N–H and O–H groups in total. The Balaban J connectivity index is 1.87. The summed E-state index contributed by atoms with van der Waals surface area (Å²) in [4.78, 5) is 26.0. The number of thioether (sulfide) groups is 1. The molecule has 4 nitrogen and oxygen atoms in total. The van der Waals surface area contributed by atoms with E-state index in [4.69, 9.17) is 0 Å². The van der Waals surface area contributed by atoms with Gasteiger partial charge in [-0.15, -0.1) is 0 Å². The lowest BCUT2D eigenvalue weighted by molar-refractivity contribution is -0.123. The first-order chi connectivity index (χ1) is 11.9. The average molecular weight is 581 g/mol. The zero-order valence-corrected chi connectivity index (χ0v) is 17.6. The van der Waals surface area contributed by atoms with Crippen LogP contribution in [-0.4, -0.2) is 21.2 Å². The lowest BCUT2D eigenvalue weighted by Crippen LogP contribution is -2.27. The molecule has 0 spiro atoms. The van der Waals surface area contributed by atoms with Crippen LogP contribution < -0.4 is 0 Å². The highest BCUT2D eigenvalue weighted by atomic mass is 127. The molecule has 1 saturated heterocycles. The average Bonchev–Trinajstić information content (AvgIpc) is 2.82. The van der Waals surface area contributed by atoms with E-state index in [1.165, 1.54) is 6.07 Å². The van der Waals surface area contributed by atoms with Crippen molar-refractivity contribution in [2.75, 3.05) is 0 Å². The van der Waals surface area contributed by atoms with Crippen molar-refractivity contribution >= 4 is 74.2 Å². The highest BCUT2D eigenvalue weighted by molar-refractivity contribution is 14.1. The van der Waals surface area contributed by atoms with Crippen molar-refractivity contribution in [1.82, 2.24) is 4.90 Å². The molecule has 1 aliphatic rings. The second-order valence-electron chi connectivity index (χ2n) is 5.19. The smallest absolute Gasteiger partial charge is 0.293 e. The molecule has 2 amide bonds. The number of imide groups is 1. The number of aromatic hydroxyl groups is 1. The topological polar surface area (TPSA) is 57.6 Å². The minimum atomic E-state index is -0.451. The maximum Gasteiger partial charge on any atom is 0.293 e. The molecule has 0 aromatic heterocycles. The molecule has 2 aromatic carbocycles. The van der Waals surface area contributed by atoms with E-state index in [0.29, 0.717) is 18.3 Å². The van der Waals surface area contributed by atoms with Crippen LogP contribution in [0, 0.1) is 13.0 Å². The summed E-state index contributed by atoms with van der Waals surface area (Å²) in [5.41, 5.74) is 1.00. The van der Waals surface area contributed by atoms with Crippen molar-refractivity contribution in [3.8, 4) is 5.75 Å². The highest BCUT2D eigenvalue weighted by Gasteiger charge is 2.35. The van der Waals surface area contributed by atoms with Crippen LogP contribution >= 0.6 is 56.9 Å². The van der Waals surface area contributed by atoms with Crippen LogP contribution in [0.1, 0.15) is 11.1 Å². The number of nitrogens with zero attached hydrogens (tertiary/aromatic N) is 1. The van der Waals surface area contributed by atoms with Gasteiger partial charge < -0.3 is 5.11 Å². The molecule has 2 aromatic rings. The quantitative estimate of drug-likeness (QED) is 0.411. The van der Waals surface area contributed by atoms with E-state index in [9.17, 15) is 19.1 Å².